The molecule has 1 atom stereocenters. The lowest BCUT2D eigenvalue weighted by atomic mass is 9.73. The lowest BCUT2D eigenvalue weighted by Gasteiger charge is -2.34. The summed E-state index contributed by atoms with van der Waals surface area (Å²) in [5, 5.41) is 0. The summed E-state index contributed by atoms with van der Waals surface area (Å²) in [6.07, 6.45) is 9.49. The van der Waals surface area contributed by atoms with Gasteiger partial charge in [0.1, 0.15) is 0 Å². The van der Waals surface area contributed by atoms with Gasteiger partial charge in [0.05, 0.1) is 0 Å². The van der Waals surface area contributed by atoms with Crippen molar-refractivity contribution in [2.24, 2.45) is 10.4 Å². The van der Waals surface area contributed by atoms with Crippen LogP contribution in [0.1, 0.15) is 26.7 Å². The van der Waals surface area contributed by atoms with E-state index in [-0.39, 0.29) is 11.2 Å². The van der Waals surface area contributed by atoms with Gasteiger partial charge in [0, 0.05) is 17.2 Å². The van der Waals surface area contributed by atoms with Crippen LogP contribution in [0, 0.1) is 5.41 Å². The Morgan fingerprint density at radius 1 is 1.43 bits per heavy atom. The van der Waals surface area contributed by atoms with E-state index in [4.69, 9.17) is 0 Å². The highest BCUT2D eigenvalue weighted by Gasteiger charge is 2.33. The summed E-state index contributed by atoms with van der Waals surface area (Å²) in [5.41, 5.74) is 1.08. The van der Waals surface area contributed by atoms with Gasteiger partial charge in [-0.2, -0.15) is 0 Å². The molecule has 0 radical (unpaired) electrons. The Morgan fingerprint density at radius 3 is 2.64 bits per heavy atom. The summed E-state index contributed by atoms with van der Waals surface area (Å²) in [7, 11) is 0. The van der Waals surface area contributed by atoms with E-state index in [9.17, 15) is 4.79 Å². The number of nitrogens with zero attached hydrogens (tertiary/aromatic N) is 1. The van der Waals surface area contributed by atoms with E-state index in [1.54, 1.807) is 12.2 Å². The molecular weight excluding hydrogens is 174 g/mol. The summed E-state index contributed by atoms with van der Waals surface area (Å²) in [6.45, 7) is 4.19. The predicted octanol–water partition coefficient (Wildman–Crippen LogP) is 2.31. The van der Waals surface area contributed by atoms with Gasteiger partial charge in [-0.25, -0.2) is 0 Å². The molecule has 0 fully saturated rings. The van der Waals surface area contributed by atoms with Crippen molar-refractivity contribution in [1.29, 1.82) is 0 Å². The molecule has 0 saturated heterocycles. The Hall–Kier alpha value is -1.18. The predicted molar refractivity (Wildman–Crippen MR) is 57.5 cm³/mol. The maximum atomic E-state index is 11.0. The summed E-state index contributed by atoms with van der Waals surface area (Å²) >= 11 is 0. The fourth-order valence-corrected chi connectivity index (χ4v) is 2.12. The first kappa shape index (κ1) is 9.38. The van der Waals surface area contributed by atoms with Gasteiger partial charge < -0.3 is 0 Å². The SMILES string of the molecule is CC1=NC(C)CCC12C=CC(=O)C=C2. The first-order chi connectivity index (χ1) is 6.62. The average molecular weight is 189 g/mol. The van der Waals surface area contributed by atoms with E-state index in [0.29, 0.717) is 6.04 Å². The Labute approximate surface area is 84.4 Å². The monoisotopic (exact) mass is 189 g/mol. The number of rotatable bonds is 0. The average Bonchev–Trinajstić information content (AvgIpc) is 2.16. The van der Waals surface area contributed by atoms with E-state index < -0.39 is 0 Å². The van der Waals surface area contributed by atoms with Crippen molar-refractivity contribution in [3.63, 3.8) is 0 Å². The van der Waals surface area contributed by atoms with Crippen LogP contribution in [-0.2, 0) is 4.79 Å². The minimum Gasteiger partial charge on any atom is -0.290 e. The molecule has 0 saturated carbocycles. The zero-order valence-electron chi connectivity index (χ0n) is 8.66. The maximum Gasteiger partial charge on any atom is 0.178 e. The quantitative estimate of drug-likeness (QED) is 0.575. The third kappa shape index (κ3) is 1.45. The number of carbonyl (C=O) groups excluding carboxylic acids is 1. The minimum absolute atomic E-state index is 0.0551. The second-order valence-corrected chi connectivity index (χ2v) is 4.21. The molecule has 2 aliphatic rings. The molecule has 2 heteroatoms. The van der Waals surface area contributed by atoms with Crippen LogP contribution in [0.2, 0.25) is 0 Å². The van der Waals surface area contributed by atoms with E-state index in [1.165, 1.54) is 0 Å². The van der Waals surface area contributed by atoms with Gasteiger partial charge in [-0.1, -0.05) is 12.2 Å². The molecular formula is C12H15NO. The van der Waals surface area contributed by atoms with E-state index in [0.717, 1.165) is 18.6 Å². The highest BCUT2D eigenvalue weighted by Crippen LogP contribution is 2.36. The second-order valence-electron chi connectivity index (χ2n) is 4.21. The Morgan fingerprint density at radius 2 is 2.07 bits per heavy atom. The van der Waals surface area contributed by atoms with Crippen molar-refractivity contribution in [2.75, 3.05) is 0 Å². The Balaban J connectivity index is 2.34. The van der Waals surface area contributed by atoms with Crippen molar-refractivity contribution in [2.45, 2.75) is 32.7 Å². The van der Waals surface area contributed by atoms with Crippen LogP contribution < -0.4 is 0 Å². The van der Waals surface area contributed by atoms with Gasteiger partial charge in [-0.05, 0) is 38.8 Å². The van der Waals surface area contributed by atoms with E-state index in [1.807, 2.05) is 12.2 Å². The van der Waals surface area contributed by atoms with Gasteiger partial charge in [-0.15, -0.1) is 0 Å². The summed E-state index contributed by atoms with van der Waals surface area (Å²) in [6, 6.07) is 0.431. The molecule has 0 N–H and O–H groups in total. The molecule has 0 bridgehead atoms. The first-order valence-electron chi connectivity index (χ1n) is 5.10. The summed E-state index contributed by atoms with van der Waals surface area (Å²) in [5.74, 6) is 0.0852. The topological polar surface area (TPSA) is 29.4 Å². The molecule has 0 amide bonds. The molecule has 0 aromatic rings. The van der Waals surface area contributed by atoms with Crippen molar-refractivity contribution in [3.8, 4) is 0 Å². The summed E-state index contributed by atoms with van der Waals surface area (Å²) < 4.78 is 0. The minimum atomic E-state index is -0.0551. The molecule has 1 aliphatic carbocycles. The molecule has 1 unspecified atom stereocenters. The zero-order valence-corrected chi connectivity index (χ0v) is 8.66. The van der Waals surface area contributed by atoms with Crippen molar-refractivity contribution in [3.05, 3.63) is 24.3 Å². The van der Waals surface area contributed by atoms with Gasteiger partial charge in [0.25, 0.3) is 0 Å². The Bertz CT molecular complexity index is 333. The van der Waals surface area contributed by atoms with Crippen LogP contribution in [0.15, 0.2) is 29.3 Å². The fourth-order valence-electron chi connectivity index (χ4n) is 2.12. The molecule has 74 valence electrons. The van der Waals surface area contributed by atoms with Crippen LogP contribution in [0.25, 0.3) is 0 Å². The largest absolute Gasteiger partial charge is 0.290 e. The number of hydrogen-bond acceptors (Lipinski definition) is 2. The lowest BCUT2D eigenvalue weighted by molar-refractivity contribution is -0.110. The van der Waals surface area contributed by atoms with Crippen LogP contribution in [0.5, 0.6) is 0 Å². The van der Waals surface area contributed by atoms with E-state index >= 15 is 0 Å². The third-order valence-corrected chi connectivity index (χ3v) is 3.15. The lowest BCUT2D eigenvalue weighted by Crippen LogP contribution is -2.32. The standard InChI is InChI=1S/C12H15NO/c1-9-3-6-12(10(2)13-9)7-4-11(14)5-8-12/h4-5,7-9H,3,6H2,1-2H3. The van der Waals surface area contributed by atoms with E-state index in [2.05, 4.69) is 18.8 Å². The van der Waals surface area contributed by atoms with Crippen LogP contribution in [0.4, 0.5) is 0 Å². The number of hydrogen-bond donors (Lipinski definition) is 0. The molecule has 0 aromatic carbocycles. The summed E-state index contributed by atoms with van der Waals surface area (Å²) in [4.78, 5) is 15.6. The smallest absolute Gasteiger partial charge is 0.178 e. The molecule has 1 spiro atoms. The first-order valence-corrected chi connectivity index (χ1v) is 5.10. The number of aliphatic imine (C=N–C) groups is 1. The normalized spacial score (nSPS) is 29.4. The van der Waals surface area contributed by atoms with Gasteiger partial charge in [0.15, 0.2) is 5.78 Å². The van der Waals surface area contributed by atoms with Crippen LogP contribution in [-0.4, -0.2) is 17.5 Å². The Kier molecular flexibility index (Phi) is 2.14. The molecule has 0 aromatic heterocycles. The second kappa shape index (κ2) is 3.19. The maximum absolute atomic E-state index is 11.0. The number of allylic oxidation sites excluding steroid dienone is 4. The van der Waals surface area contributed by atoms with Crippen LogP contribution in [0.3, 0.4) is 0 Å². The highest BCUT2D eigenvalue weighted by atomic mass is 16.1. The molecule has 2 nitrogen and oxygen atoms in total. The highest BCUT2D eigenvalue weighted by molar-refractivity contribution is 6.04. The van der Waals surface area contributed by atoms with Gasteiger partial charge >= 0.3 is 0 Å². The zero-order chi connectivity index (χ0) is 10.2. The molecule has 1 heterocycles. The third-order valence-electron chi connectivity index (χ3n) is 3.15. The fraction of sp³-hybridized carbons (Fsp3) is 0.500. The molecule has 14 heavy (non-hydrogen) atoms. The van der Waals surface area contributed by atoms with Crippen molar-refractivity contribution < 1.29 is 4.79 Å². The van der Waals surface area contributed by atoms with Crippen molar-refractivity contribution in [1.82, 2.24) is 0 Å². The van der Waals surface area contributed by atoms with Crippen LogP contribution >= 0.6 is 0 Å². The number of ketones is 1. The van der Waals surface area contributed by atoms with Crippen molar-refractivity contribution >= 4 is 11.5 Å². The molecule has 2 rings (SSSR count). The number of carbonyl (C=O) groups is 1. The van der Waals surface area contributed by atoms with Gasteiger partial charge in [0.2, 0.25) is 0 Å². The van der Waals surface area contributed by atoms with Gasteiger partial charge in [-0.3, -0.25) is 9.79 Å². The molecule has 1 aliphatic heterocycles.